The minimum atomic E-state index is -0.353. The Labute approximate surface area is 144 Å². The number of nitrogens with one attached hydrogen (secondary N) is 1. The lowest BCUT2D eigenvalue weighted by molar-refractivity contribution is 0.0940. The number of amides is 1. The van der Waals surface area contributed by atoms with Gasteiger partial charge in [-0.25, -0.2) is 0 Å². The first kappa shape index (κ1) is 18.0. The number of hydrogen-bond donors (Lipinski definition) is 2. The molecular weight excluding hydrogens is 300 g/mol. The second kappa shape index (κ2) is 8.50. The number of para-hydroxylation sites is 2. The van der Waals surface area contributed by atoms with E-state index >= 15 is 0 Å². The van der Waals surface area contributed by atoms with Gasteiger partial charge in [-0.3, -0.25) is 4.79 Å². The van der Waals surface area contributed by atoms with Gasteiger partial charge in [0.15, 0.2) is 0 Å². The number of hydrogen-bond acceptors (Lipinski definition) is 3. The molecule has 2 N–H and O–H groups in total. The molecule has 0 fully saturated rings. The third kappa shape index (κ3) is 4.83. The first-order valence-electron chi connectivity index (χ1n) is 8.33. The number of benzene rings is 2. The molecule has 4 nitrogen and oxygen atoms in total. The van der Waals surface area contributed by atoms with Crippen LogP contribution in [0.3, 0.4) is 0 Å². The largest absolute Gasteiger partial charge is 0.393 e. The van der Waals surface area contributed by atoms with Gasteiger partial charge in [-0.2, -0.15) is 0 Å². The van der Waals surface area contributed by atoms with Crippen LogP contribution in [-0.2, 0) is 0 Å². The van der Waals surface area contributed by atoms with E-state index in [1.807, 2.05) is 73.5 Å². The Balaban J connectivity index is 2.12. The topological polar surface area (TPSA) is 52.6 Å². The Kier molecular flexibility index (Phi) is 6.38. The molecule has 0 aromatic heterocycles. The van der Waals surface area contributed by atoms with E-state index in [1.54, 1.807) is 6.92 Å². The molecule has 4 heteroatoms. The molecular formula is C20H26N2O2. The molecule has 0 aliphatic carbocycles. The highest BCUT2D eigenvalue weighted by Crippen LogP contribution is 2.26. The number of anilines is 2. The minimum absolute atomic E-state index is 0.0918. The third-order valence-corrected chi connectivity index (χ3v) is 4.01. The van der Waals surface area contributed by atoms with Crippen LogP contribution in [0.4, 0.5) is 11.4 Å². The van der Waals surface area contributed by atoms with Crippen LogP contribution in [0.2, 0.25) is 0 Å². The SMILES string of the molecule is CC(O)CC(C)CNC(=O)c1ccccc1N(C)c1ccccc1. The zero-order valence-electron chi connectivity index (χ0n) is 14.6. The normalized spacial score (nSPS) is 13.2. The maximum Gasteiger partial charge on any atom is 0.253 e. The fourth-order valence-corrected chi connectivity index (χ4v) is 2.78. The van der Waals surface area contributed by atoms with Crippen LogP contribution < -0.4 is 10.2 Å². The second-order valence-corrected chi connectivity index (χ2v) is 6.31. The average Bonchev–Trinajstić information content (AvgIpc) is 2.59. The maximum atomic E-state index is 12.6. The number of carbonyl (C=O) groups is 1. The highest BCUT2D eigenvalue weighted by molar-refractivity contribution is 6.00. The van der Waals surface area contributed by atoms with E-state index < -0.39 is 0 Å². The van der Waals surface area contributed by atoms with Crippen molar-refractivity contribution >= 4 is 17.3 Å². The van der Waals surface area contributed by atoms with E-state index in [4.69, 9.17) is 0 Å². The number of carbonyl (C=O) groups excluding carboxylic acids is 1. The number of nitrogens with zero attached hydrogens (tertiary/aromatic N) is 1. The van der Waals surface area contributed by atoms with Crippen molar-refractivity contribution in [2.75, 3.05) is 18.5 Å². The third-order valence-electron chi connectivity index (χ3n) is 4.01. The first-order valence-corrected chi connectivity index (χ1v) is 8.33. The van der Waals surface area contributed by atoms with E-state index in [0.29, 0.717) is 18.5 Å². The van der Waals surface area contributed by atoms with Crippen molar-refractivity contribution in [2.45, 2.75) is 26.4 Å². The van der Waals surface area contributed by atoms with Gasteiger partial charge in [0.1, 0.15) is 0 Å². The Morgan fingerprint density at radius 1 is 1.08 bits per heavy atom. The van der Waals surface area contributed by atoms with Gasteiger partial charge in [-0.15, -0.1) is 0 Å². The molecule has 2 aromatic carbocycles. The Morgan fingerprint density at radius 3 is 2.38 bits per heavy atom. The molecule has 0 radical (unpaired) electrons. The van der Waals surface area contributed by atoms with Gasteiger partial charge < -0.3 is 15.3 Å². The molecule has 1 amide bonds. The van der Waals surface area contributed by atoms with Crippen LogP contribution in [0.25, 0.3) is 0 Å². The summed E-state index contributed by atoms with van der Waals surface area (Å²) in [6.07, 6.45) is 0.319. The molecule has 0 saturated heterocycles. The predicted molar refractivity (Wildman–Crippen MR) is 98.7 cm³/mol. The van der Waals surface area contributed by atoms with Crippen LogP contribution in [0.15, 0.2) is 54.6 Å². The minimum Gasteiger partial charge on any atom is -0.393 e. The second-order valence-electron chi connectivity index (χ2n) is 6.31. The fraction of sp³-hybridized carbons (Fsp3) is 0.350. The van der Waals surface area contributed by atoms with E-state index in [1.165, 1.54) is 0 Å². The summed E-state index contributed by atoms with van der Waals surface area (Å²) in [5.74, 6) is 0.138. The van der Waals surface area contributed by atoms with Crippen molar-refractivity contribution in [1.29, 1.82) is 0 Å². The molecule has 2 aromatic rings. The summed E-state index contributed by atoms with van der Waals surface area (Å²) in [7, 11) is 1.96. The summed E-state index contributed by atoms with van der Waals surface area (Å²) in [6, 6.07) is 17.5. The summed E-state index contributed by atoms with van der Waals surface area (Å²) in [5, 5.41) is 12.4. The van der Waals surface area contributed by atoms with Crippen molar-refractivity contribution in [3.05, 3.63) is 60.2 Å². The van der Waals surface area contributed by atoms with Gasteiger partial charge in [0.25, 0.3) is 5.91 Å². The smallest absolute Gasteiger partial charge is 0.253 e. The van der Waals surface area contributed by atoms with Crippen molar-refractivity contribution in [1.82, 2.24) is 5.32 Å². The molecule has 0 aliphatic heterocycles. The summed E-state index contributed by atoms with van der Waals surface area (Å²) in [4.78, 5) is 14.6. The van der Waals surface area contributed by atoms with Crippen LogP contribution in [-0.4, -0.2) is 30.7 Å². The summed E-state index contributed by atoms with van der Waals surface area (Å²) in [5.41, 5.74) is 2.54. The standard InChI is InChI=1S/C20H26N2O2/c1-15(13-16(2)23)14-21-20(24)18-11-7-8-12-19(18)22(3)17-9-5-4-6-10-17/h4-12,15-16,23H,13-14H2,1-3H3,(H,21,24). The van der Waals surface area contributed by atoms with Crippen molar-refractivity contribution in [2.24, 2.45) is 5.92 Å². The maximum absolute atomic E-state index is 12.6. The summed E-state index contributed by atoms with van der Waals surface area (Å²) >= 11 is 0. The highest BCUT2D eigenvalue weighted by atomic mass is 16.3. The van der Waals surface area contributed by atoms with Crippen molar-refractivity contribution < 1.29 is 9.90 Å². The molecule has 24 heavy (non-hydrogen) atoms. The Hall–Kier alpha value is -2.33. The van der Waals surface area contributed by atoms with E-state index in [0.717, 1.165) is 11.4 Å². The molecule has 0 bridgehead atoms. The van der Waals surface area contributed by atoms with Crippen LogP contribution >= 0.6 is 0 Å². The van der Waals surface area contributed by atoms with Crippen molar-refractivity contribution in [3.63, 3.8) is 0 Å². The monoisotopic (exact) mass is 326 g/mol. The molecule has 0 aliphatic rings. The molecule has 0 heterocycles. The van der Waals surface area contributed by atoms with Gasteiger partial charge >= 0.3 is 0 Å². The number of aliphatic hydroxyl groups excluding tert-OH is 1. The molecule has 2 atom stereocenters. The zero-order chi connectivity index (χ0) is 17.5. The van der Waals surface area contributed by atoms with Crippen LogP contribution in [0.1, 0.15) is 30.6 Å². The van der Waals surface area contributed by atoms with Crippen molar-refractivity contribution in [3.8, 4) is 0 Å². The summed E-state index contributed by atoms with van der Waals surface area (Å²) in [6.45, 7) is 4.34. The van der Waals surface area contributed by atoms with Crippen LogP contribution in [0, 0.1) is 5.92 Å². The zero-order valence-corrected chi connectivity index (χ0v) is 14.6. The Morgan fingerprint density at radius 2 is 1.71 bits per heavy atom. The molecule has 128 valence electrons. The van der Waals surface area contributed by atoms with Gasteiger partial charge in [0, 0.05) is 19.3 Å². The first-order chi connectivity index (χ1) is 11.5. The van der Waals surface area contributed by atoms with E-state index in [2.05, 4.69) is 5.32 Å². The molecule has 0 saturated carbocycles. The lowest BCUT2D eigenvalue weighted by Gasteiger charge is -2.22. The quantitative estimate of drug-likeness (QED) is 0.817. The van der Waals surface area contributed by atoms with Gasteiger partial charge in [-0.1, -0.05) is 37.3 Å². The number of aliphatic hydroxyl groups is 1. The molecule has 0 spiro atoms. The van der Waals surface area contributed by atoms with Gasteiger partial charge in [0.05, 0.1) is 17.4 Å². The van der Waals surface area contributed by atoms with E-state index in [-0.39, 0.29) is 17.9 Å². The average molecular weight is 326 g/mol. The highest BCUT2D eigenvalue weighted by Gasteiger charge is 2.16. The lowest BCUT2D eigenvalue weighted by atomic mass is 10.0. The van der Waals surface area contributed by atoms with Gasteiger partial charge in [-0.05, 0) is 43.5 Å². The fourth-order valence-electron chi connectivity index (χ4n) is 2.78. The summed E-state index contributed by atoms with van der Waals surface area (Å²) < 4.78 is 0. The Bertz CT molecular complexity index is 656. The molecule has 2 rings (SSSR count). The molecule has 2 unspecified atom stereocenters. The van der Waals surface area contributed by atoms with E-state index in [9.17, 15) is 9.90 Å². The van der Waals surface area contributed by atoms with Crippen LogP contribution in [0.5, 0.6) is 0 Å². The lowest BCUT2D eigenvalue weighted by Crippen LogP contribution is -2.30. The predicted octanol–water partition coefficient (Wildman–Crippen LogP) is 3.59. The number of rotatable bonds is 7. The van der Waals surface area contributed by atoms with Gasteiger partial charge in [0.2, 0.25) is 0 Å².